The Morgan fingerprint density at radius 2 is 1.84 bits per heavy atom. The molecule has 0 unspecified atom stereocenters. The van der Waals surface area contributed by atoms with Crippen LogP contribution in [0, 0.1) is 6.92 Å². The quantitative estimate of drug-likeness (QED) is 0.857. The SMILES string of the molecule is CCN(c1ccccc1)c1ccc(C)cc1C(N)=S. The molecule has 2 N–H and O–H groups in total. The van der Waals surface area contributed by atoms with Gasteiger partial charge in [0.2, 0.25) is 0 Å². The molecule has 0 saturated heterocycles. The first-order valence-electron chi connectivity index (χ1n) is 6.36. The Kier molecular flexibility index (Phi) is 4.17. The molecule has 0 aliphatic carbocycles. The van der Waals surface area contributed by atoms with Crippen molar-refractivity contribution in [1.82, 2.24) is 0 Å². The Balaban J connectivity index is 2.53. The van der Waals surface area contributed by atoms with Gasteiger partial charge in [-0.05, 0) is 38.1 Å². The van der Waals surface area contributed by atoms with Gasteiger partial charge in [0.05, 0.1) is 5.69 Å². The molecule has 0 aliphatic heterocycles. The average molecular weight is 270 g/mol. The fourth-order valence-electron chi connectivity index (χ4n) is 2.18. The zero-order chi connectivity index (χ0) is 13.8. The summed E-state index contributed by atoms with van der Waals surface area (Å²) in [6, 6.07) is 16.5. The van der Waals surface area contributed by atoms with E-state index in [1.807, 2.05) is 31.2 Å². The normalized spacial score (nSPS) is 10.2. The average Bonchev–Trinajstić information content (AvgIpc) is 2.42. The highest BCUT2D eigenvalue weighted by Crippen LogP contribution is 2.29. The van der Waals surface area contributed by atoms with Gasteiger partial charge < -0.3 is 10.6 Å². The molecular weight excluding hydrogens is 252 g/mol. The van der Waals surface area contributed by atoms with Crippen LogP contribution in [0.5, 0.6) is 0 Å². The summed E-state index contributed by atoms with van der Waals surface area (Å²) < 4.78 is 0. The molecule has 0 fully saturated rings. The first kappa shape index (κ1) is 13.6. The van der Waals surface area contributed by atoms with E-state index in [1.165, 1.54) is 0 Å². The van der Waals surface area contributed by atoms with Crippen molar-refractivity contribution in [1.29, 1.82) is 0 Å². The minimum atomic E-state index is 0.438. The summed E-state index contributed by atoms with van der Waals surface area (Å²) in [7, 11) is 0. The van der Waals surface area contributed by atoms with Crippen molar-refractivity contribution in [2.45, 2.75) is 13.8 Å². The monoisotopic (exact) mass is 270 g/mol. The van der Waals surface area contributed by atoms with Gasteiger partial charge in [0.15, 0.2) is 0 Å². The topological polar surface area (TPSA) is 29.3 Å². The third-order valence-corrected chi connectivity index (χ3v) is 3.31. The van der Waals surface area contributed by atoms with Crippen LogP contribution >= 0.6 is 12.2 Å². The van der Waals surface area contributed by atoms with Gasteiger partial charge in [0.25, 0.3) is 0 Å². The molecule has 0 bridgehead atoms. The van der Waals surface area contributed by atoms with E-state index < -0.39 is 0 Å². The lowest BCUT2D eigenvalue weighted by Gasteiger charge is -2.26. The summed E-state index contributed by atoms with van der Waals surface area (Å²) in [5, 5.41) is 0. The van der Waals surface area contributed by atoms with Crippen molar-refractivity contribution < 1.29 is 0 Å². The van der Waals surface area contributed by atoms with Crippen molar-refractivity contribution in [3.63, 3.8) is 0 Å². The Morgan fingerprint density at radius 3 is 2.42 bits per heavy atom. The van der Waals surface area contributed by atoms with E-state index in [4.69, 9.17) is 18.0 Å². The number of anilines is 2. The highest BCUT2D eigenvalue weighted by Gasteiger charge is 2.13. The molecule has 3 heteroatoms. The molecule has 0 radical (unpaired) electrons. The molecule has 0 atom stereocenters. The molecule has 98 valence electrons. The lowest BCUT2D eigenvalue weighted by molar-refractivity contribution is 1.02. The van der Waals surface area contributed by atoms with E-state index in [0.29, 0.717) is 4.99 Å². The lowest BCUT2D eigenvalue weighted by atomic mass is 10.1. The molecular formula is C16H18N2S. The van der Waals surface area contributed by atoms with Gasteiger partial charge in [0, 0.05) is 17.8 Å². The highest BCUT2D eigenvalue weighted by molar-refractivity contribution is 7.80. The van der Waals surface area contributed by atoms with E-state index >= 15 is 0 Å². The highest BCUT2D eigenvalue weighted by atomic mass is 32.1. The number of nitrogens with two attached hydrogens (primary N) is 1. The fraction of sp³-hybridized carbons (Fsp3) is 0.188. The molecule has 0 spiro atoms. The van der Waals surface area contributed by atoms with Gasteiger partial charge in [-0.1, -0.05) is 42.0 Å². The van der Waals surface area contributed by atoms with Crippen LogP contribution in [-0.2, 0) is 0 Å². The van der Waals surface area contributed by atoms with E-state index in [-0.39, 0.29) is 0 Å². The summed E-state index contributed by atoms with van der Waals surface area (Å²) >= 11 is 5.18. The van der Waals surface area contributed by atoms with E-state index in [0.717, 1.165) is 29.0 Å². The molecule has 0 aromatic heterocycles. The van der Waals surface area contributed by atoms with Crippen LogP contribution in [0.2, 0.25) is 0 Å². The Labute approximate surface area is 119 Å². The zero-order valence-electron chi connectivity index (χ0n) is 11.3. The molecule has 2 rings (SSSR count). The smallest absolute Gasteiger partial charge is 0.106 e. The first-order chi connectivity index (χ1) is 9.13. The maximum Gasteiger partial charge on any atom is 0.106 e. The maximum atomic E-state index is 5.86. The molecule has 2 aromatic carbocycles. The molecule has 2 nitrogen and oxygen atoms in total. The predicted molar refractivity (Wildman–Crippen MR) is 86.2 cm³/mol. The Bertz CT molecular complexity index is 579. The summed E-state index contributed by atoms with van der Waals surface area (Å²) in [6.07, 6.45) is 0. The van der Waals surface area contributed by atoms with E-state index in [9.17, 15) is 0 Å². The Morgan fingerprint density at radius 1 is 1.16 bits per heavy atom. The van der Waals surface area contributed by atoms with Crippen LogP contribution in [-0.4, -0.2) is 11.5 Å². The van der Waals surface area contributed by atoms with Crippen LogP contribution in [0.1, 0.15) is 18.1 Å². The molecule has 0 amide bonds. The largest absolute Gasteiger partial charge is 0.389 e. The van der Waals surface area contributed by atoms with Crippen LogP contribution in [0.25, 0.3) is 0 Å². The van der Waals surface area contributed by atoms with Gasteiger partial charge in [-0.15, -0.1) is 0 Å². The third-order valence-electron chi connectivity index (χ3n) is 3.09. The number of hydrogen-bond acceptors (Lipinski definition) is 2. The fourth-order valence-corrected chi connectivity index (χ4v) is 2.35. The second kappa shape index (κ2) is 5.85. The van der Waals surface area contributed by atoms with Crippen molar-refractivity contribution in [3.8, 4) is 0 Å². The lowest BCUT2D eigenvalue weighted by Crippen LogP contribution is -2.21. The summed E-state index contributed by atoms with van der Waals surface area (Å²) in [4.78, 5) is 2.65. The maximum absolute atomic E-state index is 5.86. The molecule has 0 aliphatic rings. The summed E-state index contributed by atoms with van der Waals surface area (Å²) in [5.41, 5.74) is 10.2. The number of nitrogens with zero attached hydrogens (tertiary/aromatic N) is 1. The van der Waals surface area contributed by atoms with Gasteiger partial charge in [-0.3, -0.25) is 0 Å². The first-order valence-corrected chi connectivity index (χ1v) is 6.77. The van der Waals surface area contributed by atoms with Crippen molar-refractivity contribution in [3.05, 3.63) is 59.7 Å². The van der Waals surface area contributed by atoms with Gasteiger partial charge in [-0.2, -0.15) is 0 Å². The van der Waals surface area contributed by atoms with Gasteiger partial charge in [-0.25, -0.2) is 0 Å². The third kappa shape index (κ3) is 2.93. The summed E-state index contributed by atoms with van der Waals surface area (Å²) in [6.45, 7) is 5.03. The van der Waals surface area contributed by atoms with Crippen molar-refractivity contribution >= 4 is 28.6 Å². The number of rotatable bonds is 4. The molecule has 0 heterocycles. The van der Waals surface area contributed by atoms with Crippen LogP contribution in [0.4, 0.5) is 11.4 Å². The second-order valence-corrected chi connectivity index (χ2v) is 4.90. The summed E-state index contributed by atoms with van der Waals surface area (Å²) in [5.74, 6) is 0. The number of thiocarbonyl (C=S) groups is 1. The molecule has 0 saturated carbocycles. The van der Waals surface area contributed by atoms with Crippen molar-refractivity contribution in [2.75, 3.05) is 11.4 Å². The van der Waals surface area contributed by atoms with Crippen LogP contribution < -0.4 is 10.6 Å². The van der Waals surface area contributed by atoms with E-state index in [1.54, 1.807) is 0 Å². The Hall–Kier alpha value is -1.87. The van der Waals surface area contributed by atoms with Crippen LogP contribution in [0.15, 0.2) is 48.5 Å². The second-order valence-electron chi connectivity index (χ2n) is 4.46. The van der Waals surface area contributed by atoms with Crippen LogP contribution in [0.3, 0.4) is 0 Å². The minimum absolute atomic E-state index is 0.438. The number of para-hydroxylation sites is 1. The molecule has 2 aromatic rings. The zero-order valence-corrected chi connectivity index (χ0v) is 12.1. The van der Waals surface area contributed by atoms with E-state index in [2.05, 4.69) is 36.1 Å². The van der Waals surface area contributed by atoms with Gasteiger partial charge >= 0.3 is 0 Å². The predicted octanol–water partition coefficient (Wildman–Crippen LogP) is 3.79. The van der Waals surface area contributed by atoms with Gasteiger partial charge in [0.1, 0.15) is 4.99 Å². The number of aryl methyl sites for hydroxylation is 1. The number of benzene rings is 2. The number of hydrogen-bond donors (Lipinski definition) is 1. The standard InChI is InChI=1S/C16H18N2S/c1-3-18(13-7-5-4-6-8-13)15-10-9-12(2)11-14(15)16(17)19/h4-11H,3H2,1-2H3,(H2,17,19). The minimum Gasteiger partial charge on any atom is -0.389 e. The molecule has 19 heavy (non-hydrogen) atoms. The van der Waals surface area contributed by atoms with Crippen molar-refractivity contribution in [2.24, 2.45) is 5.73 Å².